The number of sulfonamides is 1. The Balaban J connectivity index is 1.82. The minimum Gasteiger partial charge on any atom is -0.378 e. The van der Waals surface area contributed by atoms with Crippen molar-refractivity contribution in [3.05, 3.63) is 48.7 Å². The second-order valence-electron chi connectivity index (χ2n) is 6.07. The van der Waals surface area contributed by atoms with E-state index in [1.54, 1.807) is 12.3 Å². The summed E-state index contributed by atoms with van der Waals surface area (Å²) in [5, 5.41) is 5.24. The first-order chi connectivity index (χ1) is 12.5. The Morgan fingerprint density at radius 1 is 1.08 bits per heavy atom. The highest BCUT2D eigenvalue weighted by Crippen LogP contribution is 2.28. The molecule has 0 amide bonds. The van der Waals surface area contributed by atoms with Crippen LogP contribution in [0.15, 0.2) is 53.6 Å². The fourth-order valence-corrected chi connectivity index (χ4v) is 3.62. The van der Waals surface area contributed by atoms with Crippen LogP contribution in [-0.4, -0.2) is 44.7 Å². The number of pyridine rings is 2. The van der Waals surface area contributed by atoms with Crippen LogP contribution in [0.5, 0.6) is 0 Å². The summed E-state index contributed by atoms with van der Waals surface area (Å²) >= 11 is 0. The maximum atomic E-state index is 11.6. The number of nitrogens with zero attached hydrogens (tertiary/aromatic N) is 3. The standard InChI is InChI=1S/C18H18N4O3S/c19-26(23,24)14-3-1-2-13(12-14)15-4-5-16-18(21-15)17(6-7-20-16)22-8-10-25-11-9-22/h1-7,12H,8-11H2,(H2,19,23,24). The lowest BCUT2D eigenvalue weighted by Gasteiger charge is -2.29. The highest BCUT2D eigenvalue weighted by Gasteiger charge is 2.16. The van der Waals surface area contributed by atoms with E-state index >= 15 is 0 Å². The average molecular weight is 370 g/mol. The van der Waals surface area contributed by atoms with Crippen molar-refractivity contribution < 1.29 is 13.2 Å². The van der Waals surface area contributed by atoms with Crippen molar-refractivity contribution in [2.24, 2.45) is 5.14 Å². The van der Waals surface area contributed by atoms with Gasteiger partial charge in [-0.2, -0.15) is 0 Å². The van der Waals surface area contributed by atoms with Crippen molar-refractivity contribution >= 4 is 26.7 Å². The van der Waals surface area contributed by atoms with Crippen LogP contribution in [0.4, 0.5) is 5.69 Å². The molecule has 0 spiro atoms. The lowest BCUT2D eigenvalue weighted by atomic mass is 10.1. The van der Waals surface area contributed by atoms with Gasteiger partial charge in [0.1, 0.15) is 5.52 Å². The first-order valence-corrected chi connectivity index (χ1v) is 9.79. The van der Waals surface area contributed by atoms with Crippen LogP contribution < -0.4 is 10.0 Å². The summed E-state index contributed by atoms with van der Waals surface area (Å²) in [6, 6.07) is 12.2. The minimum atomic E-state index is -3.76. The zero-order valence-electron chi connectivity index (χ0n) is 14.0. The molecule has 0 atom stereocenters. The zero-order valence-corrected chi connectivity index (χ0v) is 14.8. The van der Waals surface area contributed by atoms with E-state index < -0.39 is 10.0 Å². The van der Waals surface area contributed by atoms with Gasteiger partial charge in [-0.15, -0.1) is 0 Å². The lowest BCUT2D eigenvalue weighted by molar-refractivity contribution is 0.123. The largest absolute Gasteiger partial charge is 0.378 e. The van der Waals surface area contributed by atoms with E-state index in [1.165, 1.54) is 12.1 Å². The number of benzene rings is 1. The van der Waals surface area contributed by atoms with E-state index in [0.717, 1.165) is 29.8 Å². The molecular weight excluding hydrogens is 352 g/mol. The molecule has 0 aliphatic carbocycles. The summed E-state index contributed by atoms with van der Waals surface area (Å²) in [5.74, 6) is 0. The van der Waals surface area contributed by atoms with Crippen LogP contribution >= 0.6 is 0 Å². The van der Waals surface area contributed by atoms with E-state index in [9.17, 15) is 8.42 Å². The fourth-order valence-electron chi connectivity index (χ4n) is 3.06. The van der Waals surface area contributed by atoms with Gasteiger partial charge in [0, 0.05) is 24.8 Å². The number of morpholine rings is 1. The Bertz CT molecular complexity index is 1060. The van der Waals surface area contributed by atoms with Gasteiger partial charge in [0.05, 0.1) is 35.0 Å². The molecule has 1 saturated heterocycles. The highest BCUT2D eigenvalue weighted by molar-refractivity contribution is 7.89. The predicted molar refractivity (Wildman–Crippen MR) is 99.4 cm³/mol. The van der Waals surface area contributed by atoms with E-state index in [4.69, 9.17) is 14.9 Å². The van der Waals surface area contributed by atoms with E-state index in [-0.39, 0.29) is 4.90 Å². The molecule has 4 rings (SSSR count). The van der Waals surface area contributed by atoms with Crippen LogP contribution in [0.3, 0.4) is 0 Å². The van der Waals surface area contributed by atoms with Gasteiger partial charge < -0.3 is 9.64 Å². The second kappa shape index (κ2) is 6.64. The molecule has 0 unspecified atom stereocenters. The number of nitrogens with two attached hydrogens (primary N) is 1. The summed E-state index contributed by atoms with van der Waals surface area (Å²) in [6.07, 6.45) is 1.77. The first kappa shape index (κ1) is 16.9. The van der Waals surface area contributed by atoms with Gasteiger partial charge in [-0.3, -0.25) is 4.98 Å². The minimum absolute atomic E-state index is 0.0662. The molecular formula is C18H18N4O3S. The van der Waals surface area contributed by atoms with Crippen LogP contribution in [-0.2, 0) is 14.8 Å². The van der Waals surface area contributed by atoms with Crippen molar-refractivity contribution in [2.75, 3.05) is 31.2 Å². The molecule has 1 aliphatic heterocycles. The quantitative estimate of drug-likeness (QED) is 0.755. The fraction of sp³-hybridized carbons (Fsp3) is 0.222. The maximum Gasteiger partial charge on any atom is 0.238 e. The lowest BCUT2D eigenvalue weighted by Crippen LogP contribution is -2.36. The highest BCUT2D eigenvalue weighted by atomic mass is 32.2. The second-order valence-corrected chi connectivity index (χ2v) is 7.63. The zero-order chi connectivity index (χ0) is 18.1. The van der Waals surface area contributed by atoms with E-state index in [0.29, 0.717) is 24.5 Å². The monoisotopic (exact) mass is 370 g/mol. The molecule has 3 heterocycles. The summed E-state index contributed by atoms with van der Waals surface area (Å²) in [4.78, 5) is 11.4. The molecule has 7 nitrogen and oxygen atoms in total. The first-order valence-electron chi connectivity index (χ1n) is 8.24. The van der Waals surface area contributed by atoms with E-state index in [2.05, 4.69) is 9.88 Å². The number of anilines is 1. The summed E-state index contributed by atoms with van der Waals surface area (Å²) < 4.78 is 28.7. The SMILES string of the molecule is NS(=O)(=O)c1cccc(-c2ccc3nccc(N4CCOCC4)c3n2)c1. The maximum absolute atomic E-state index is 11.6. The molecule has 26 heavy (non-hydrogen) atoms. The normalized spacial score (nSPS) is 15.3. The molecule has 3 aromatic rings. The number of rotatable bonds is 3. The molecule has 1 aromatic carbocycles. The number of aromatic nitrogens is 2. The molecule has 0 bridgehead atoms. The van der Waals surface area contributed by atoms with Gasteiger partial charge in [-0.25, -0.2) is 18.5 Å². The number of primary sulfonamides is 1. The molecule has 2 N–H and O–H groups in total. The number of hydrogen-bond acceptors (Lipinski definition) is 6. The van der Waals surface area contributed by atoms with Gasteiger partial charge in [-0.1, -0.05) is 12.1 Å². The van der Waals surface area contributed by atoms with Crippen molar-refractivity contribution in [3.63, 3.8) is 0 Å². The van der Waals surface area contributed by atoms with Gasteiger partial charge in [-0.05, 0) is 30.3 Å². The van der Waals surface area contributed by atoms with Crippen molar-refractivity contribution in [1.82, 2.24) is 9.97 Å². The van der Waals surface area contributed by atoms with Gasteiger partial charge >= 0.3 is 0 Å². The Morgan fingerprint density at radius 3 is 2.65 bits per heavy atom. The van der Waals surface area contributed by atoms with Crippen LogP contribution in [0, 0.1) is 0 Å². The van der Waals surface area contributed by atoms with Crippen LogP contribution in [0.2, 0.25) is 0 Å². The van der Waals surface area contributed by atoms with Gasteiger partial charge in [0.25, 0.3) is 0 Å². The van der Waals surface area contributed by atoms with Crippen LogP contribution in [0.25, 0.3) is 22.3 Å². The Morgan fingerprint density at radius 2 is 1.88 bits per heavy atom. The average Bonchev–Trinajstić information content (AvgIpc) is 2.67. The third-order valence-electron chi connectivity index (χ3n) is 4.37. The van der Waals surface area contributed by atoms with Crippen molar-refractivity contribution in [1.29, 1.82) is 0 Å². The number of ether oxygens (including phenoxy) is 1. The Hall–Kier alpha value is -2.55. The third-order valence-corrected chi connectivity index (χ3v) is 5.28. The summed E-state index contributed by atoms with van der Waals surface area (Å²) in [5.41, 5.74) is 3.94. The van der Waals surface area contributed by atoms with Gasteiger partial charge in [0.15, 0.2) is 0 Å². The Labute approximate surface area is 151 Å². The van der Waals surface area contributed by atoms with Gasteiger partial charge in [0.2, 0.25) is 10.0 Å². The summed E-state index contributed by atoms with van der Waals surface area (Å²) in [6.45, 7) is 2.96. The molecule has 1 aliphatic rings. The van der Waals surface area contributed by atoms with Crippen molar-refractivity contribution in [3.8, 4) is 11.3 Å². The number of hydrogen-bond donors (Lipinski definition) is 1. The van der Waals surface area contributed by atoms with E-state index in [1.807, 2.05) is 24.3 Å². The molecule has 0 saturated carbocycles. The topological polar surface area (TPSA) is 98.4 Å². The molecule has 8 heteroatoms. The van der Waals surface area contributed by atoms with Crippen molar-refractivity contribution in [2.45, 2.75) is 4.90 Å². The Kier molecular flexibility index (Phi) is 4.31. The molecule has 1 fully saturated rings. The molecule has 0 radical (unpaired) electrons. The number of fused-ring (bicyclic) bond motifs is 1. The third kappa shape index (κ3) is 3.26. The smallest absolute Gasteiger partial charge is 0.238 e. The van der Waals surface area contributed by atoms with Crippen LogP contribution in [0.1, 0.15) is 0 Å². The molecule has 2 aromatic heterocycles. The molecule has 134 valence electrons. The predicted octanol–water partition coefficient (Wildman–Crippen LogP) is 1.78. The summed E-state index contributed by atoms with van der Waals surface area (Å²) in [7, 11) is -3.76.